The third-order valence-corrected chi connectivity index (χ3v) is 5.33. The van der Waals surface area contributed by atoms with Crippen molar-refractivity contribution in [3.63, 3.8) is 0 Å². The molecular weight excluding hydrogens is 284 g/mol. The average Bonchev–Trinajstić information content (AvgIpc) is 2.79. The summed E-state index contributed by atoms with van der Waals surface area (Å²) >= 11 is 0. The van der Waals surface area contributed by atoms with E-state index in [1.807, 2.05) is 0 Å². The fourth-order valence-electron chi connectivity index (χ4n) is 2.89. The van der Waals surface area contributed by atoms with E-state index < -0.39 is 10.0 Å². The molecule has 0 spiro atoms. The van der Waals surface area contributed by atoms with E-state index >= 15 is 0 Å². The van der Waals surface area contributed by atoms with Gasteiger partial charge in [-0.25, -0.2) is 12.7 Å². The van der Waals surface area contributed by atoms with Crippen LogP contribution in [0.1, 0.15) is 19.3 Å². The number of rotatable bonds is 3. The summed E-state index contributed by atoms with van der Waals surface area (Å²) in [6.07, 6.45) is 2.62. The minimum atomic E-state index is -3.16. The molecule has 0 N–H and O–H groups in total. The highest BCUT2D eigenvalue weighted by molar-refractivity contribution is 7.88. The highest BCUT2D eigenvalue weighted by Gasteiger charge is 2.40. The number of nitrogens with zero attached hydrogens (tertiary/aromatic N) is 2. The number of ether oxygens (including phenoxy) is 1. The molecule has 2 fully saturated rings. The van der Waals surface area contributed by atoms with E-state index in [1.165, 1.54) is 17.7 Å². The molecule has 0 bridgehead atoms. The molecule has 0 radical (unpaired) electrons. The summed E-state index contributed by atoms with van der Waals surface area (Å²) in [6, 6.07) is 0.0233. The second-order valence-electron chi connectivity index (χ2n) is 5.36. The van der Waals surface area contributed by atoms with Crippen LogP contribution in [0.2, 0.25) is 0 Å². The topological polar surface area (TPSA) is 84.0 Å². The van der Waals surface area contributed by atoms with E-state index in [4.69, 9.17) is 0 Å². The monoisotopic (exact) mass is 304 g/mol. The first-order valence-corrected chi connectivity index (χ1v) is 8.50. The largest absolute Gasteiger partial charge is 0.469 e. The number of likely N-dealkylation sites (tertiary alicyclic amines) is 1. The van der Waals surface area contributed by atoms with Gasteiger partial charge in [0.25, 0.3) is 0 Å². The minimum Gasteiger partial charge on any atom is -0.469 e. The molecule has 8 heteroatoms. The normalized spacial score (nSPS) is 26.0. The molecule has 7 nitrogen and oxygen atoms in total. The lowest BCUT2D eigenvalue weighted by Gasteiger charge is -2.35. The van der Waals surface area contributed by atoms with Crippen LogP contribution in [0.5, 0.6) is 0 Å². The van der Waals surface area contributed by atoms with Crippen molar-refractivity contribution in [3.8, 4) is 0 Å². The molecule has 114 valence electrons. The zero-order chi connectivity index (χ0) is 14.9. The van der Waals surface area contributed by atoms with Crippen LogP contribution in [0.4, 0.5) is 0 Å². The Morgan fingerprint density at radius 3 is 2.40 bits per heavy atom. The zero-order valence-electron chi connectivity index (χ0n) is 11.7. The number of hydrogen-bond donors (Lipinski definition) is 0. The van der Waals surface area contributed by atoms with E-state index in [-0.39, 0.29) is 30.3 Å². The quantitative estimate of drug-likeness (QED) is 0.652. The molecule has 0 saturated carbocycles. The van der Waals surface area contributed by atoms with Crippen LogP contribution in [0.15, 0.2) is 0 Å². The van der Waals surface area contributed by atoms with Crippen molar-refractivity contribution < 1.29 is 22.7 Å². The number of piperidine rings is 1. The Morgan fingerprint density at radius 1 is 1.30 bits per heavy atom. The van der Waals surface area contributed by atoms with Crippen molar-refractivity contribution in [2.45, 2.75) is 25.3 Å². The van der Waals surface area contributed by atoms with Crippen LogP contribution in [0.3, 0.4) is 0 Å². The SMILES string of the molecule is COC(=O)C1CC(=O)N(C2CCN(S(C)(=O)=O)CC2)C1. The molecule has 0 aliphatic carbocycles. The molecular formula is C12H20N2O5S. The molecule has 1 amide bonds. The van der Waals surface area contributed by atoms with Crippen LogP contribution in [0, 0.1) is 5.92 Å². The van der Waals surface area contributed by atoms with Crippen LogP contribution in [-0.2, 0) is 24.3 Å². The molecule has 0 aromatic rings. The molecule has 0 aromatic carbocycles. The van der Waals surface area contributed by atoms with Crippen LogP contribution in [-0.4, -0.2) is 68.5 Å². The summed E-state index contributed by atoms with van der Waals surface area (Å²) in [7, 11) is -1.84. The summed E-state index contributed by atoms with van der Waals surface area (Å²) in [5.41, 5.74) is 0. The molecule has 2 rings (SSSR count). The minimum absolute atomic E-state index is 0.0233. The molecule has 2 saturated heterocycles. The van der Waals surface area contributed by atoms with Crippen molar-refractivity contribution in [3.05, 3.63) is 0 Å². The van der Waals surface area contributed by atoms with Crippen molar-refractivity contribution >= 4 is 21.9 Å². The predicted molar refractivity (Wildman–Crippen MR) is 71.3 cm³/mol. The molecule has 20 heavy (non-hydrogen) atoms. The third kappa shape index (κ3) is 3.12. The molecule has 2 heterocycles. The van der Waals surface area contributed by atoms with E-state index in [0.717, 1.165) is 0 Å². The second-order valence-corrected chi connectivity index (χ2v) is 7.35. The summed E-state index contributed by atoms with van der Waals surface area (Å²) in [5, 5.41) is 0. The van der Waals surface area contributed by atoms with Gasteiger partial charge in [0, 0.05) is 32.1 Å². The summed E-state index contributed by atoms with van der Waals surface area (Å²) in [5.74, 6) is -0.784. The first-order valence-electron chi connectivity index (χ1n) is 6.65. The van der Waals surface area contributed by atoms with E-state index in [1.54, 1.807) is 4.90 Å². The van der Waals surface area contributed by atoms with Crippen molar-refractivity contribution in [2.75, 3.05) is 33.0 Å². The summed E-state index contributed by atoms with van der Waals surface area (Å²) < 4.78 is 29.0. The van der Waals surface area contributed by atoms with Gasteiger partial charge in [-0.3, -0.25) is 9.59 Å². The van der Waals surface area contributed by atoms with Crippen LogP contribution < -0.4 is 0 Å². The van der Waals surface area contributed by atoms with Gasteiger partial charge in [0.2, 0.25) is 15.9 Å². The van der Waals surface area contributed by atoms with Gasteiger partial charge in [-0.15, -0.1) is 0 Å². The van der Waals surface area contributed by atoms with Crippen molar-refractivity contribution in [1.82, 2.24) is 9.21 Å². The Morgan fingerprint density at radius 2 is 1.90 bits per heavy atom. The summed E-state index contributed by atoms with van der Waals surface area (Å²) in [4.78, 5) is 25.2. The zero-order valence-corrected chi connectivity index (χ0v) is 12.6. The van der Waals surface area contributed by atoms with Crippen molar-refractivity contribution in [2.24, 2.45) is 5.92 Å². The Kier molecular flexibility index (Phi) is 4.33. The van der Waals surface area contributed by atoms with E-state index in [9.17, 15) is 18.0 Å². The fraction of sp³-hybridized carbons (Fsp3) is 0.833. The van der Waals surface area contributed by atoms with Gasteiger partial charge in [0.1, 0.15) is 0 Å². The Balaban J connectivity index is 1.94. The van der Waals surface area contributed by atoms with Gasteiger partial charge in [-0.1, -0.05) is 0 Å². The molecule has 1 unspecified atom stereocenters. The van der Waals surface area contributed by atoms with Gasteiger partial charge in [-0.2, -0.15) is 0 Å². The fourth-order valence-corrected chi connectivity index (χ4v) is 3.77. The molecule has 0 aromatic heterocycles. The van der Waals surface area contributed by atoms with Crippen molar-refractivity contribution in [1.29, 1.82) is 0 Å². The van der Waals surface area contributed by atoms with Gasteiger partial charge in [-0.05, 0) is 12.8 Å². The van der Waals surface area contributed by atoms with Gasteiger partial charge in [0.05, 0.1) is 19.3 Å². The van der Waals surface area contributed by atoms with Crippen LogP contribution in [0.25, 0.3) is 0 Å². The second kappa shape index (κ2) is 5.69. The predicted octanol–water partition coefficient (Wildman–Crippen LogP) is -0.568. The standard InChI is InChI=1S/C12H20N2O5S/c1-19-12(16)9-7-11(15)14(8-9)10-3-5-13(6-4-10)20(2,17)18/h9-10H,3-8H2,1-2H3. The number of esters is 1. The van der Waals surface area contributed by atoms with E-state index in [0.29, 0.717) is 32.5 Å². The van der Waals surface area contributed by atoms with Gasteiger partial charge >= 0.3 is 5.97 Å². The third-order valence-electron chi connectivity index (χ3n) is 4.03. The Bertz CT molecular complexity index is 496. The highest BCUT2D eigenvalue weighted by Crippen LogP contribution is 2.26. The average molecular weight is 304 g/mol. The maximum atomic E-state index is 12.0. The van der Waals surface area contributed by atoms with Crippen LogP contribution >= 0.6 is 0 Å². The Hall–Kier alpha value is -1.15. The first-order chi connectivity index (χ1) is 9.32. The van der Waals surface area contributed by atoms with Gasteiger partial charge in [0.15, 0.2) is 0 Å². The number of amides is 1. The lowest BCUT2D eigenvalue weighted by Crippen LogP contribution is -2.47. The lowest BCUT2D eigenvalue weighted by molar-refractivity contribution is -0.145. The number of methoxy groups -OCH3 is 1. The highest BCUT2D eigenvalue weighted by atomic mass is 32.2. The number of hydrogen-bond acceptors (Lipinski definition) is 5. The summed E-state index contributed by atoms with van der Waals surface area (Å²) in [6.45, 7) is 1.24. The lowest BCUT2D eigenvalue weighted by atomic mass is 10.1. The smallest absolute Gasteiger partial charge is 0.310 e. The molecule has 1 atom stereocenters. The number of sulfonamides is 1. The molecule has 2 aliphatic heterocycles. The van der Waals surface area contributed by atoms with E-state index in [2.05, 4.69) is 4.74 Å². The maximum Gasteiger partial charge on any atom is 0.310 e. The maximum absolute atomic E-state index is 12.0. The number of carbonyl (C=O) groups is 2. The number of carbonyl (C=O) groups excluding carboxylic acids is 2. The van der Waals surface area contributed by atoms with Gasteiger partial charge < -0.3 is 9.64 Å². The Labute approximate surface area is 118 Å². The first kappa shape index (κ1) is 15.2. The molecule has 2 aliphatic rings.